The van der Waals surface area contributed by atoms with Crippen molar-refractivity contribution in [2.45, 2.75) is 17.1 Å². The number of nitrogens with zero attached hydrogens (tertiary/aromatic N) is 4. The topological polar surface area (TPSA) is 52.8 Å². The summed E-state index contributed by atoms with van der Waals surface area (Å²) < 4.78 is 44.3. The minimum absolute atomic E-state index is 0.197. The second kappa shape index (κ2) is 7.04. The molecule has 0 aliphatic carbocycles. The molecule has 0 atom stereocenters. The molecule has 0 unspecified atom stereocenters. The Kier molecular flexibility index (Phi) is 5.00. The van der Waals surface area contributed by atoms with Crippen LogP contribution in [-0.2, 0) is 19.0 Å². The second-order valence-electron chi connectivity index (χ2n) is 5.03. The number of benzene rings is 1. The molecule has 0 radical (unpaired) electrons. The van der Waals surface area contributed by atoms with Crippen LogP contribution in [0.2, 0.25) is 0 Å². The molecule has 2 heterocycles. The van der Waals surface area contributed by atoms with E-state index in [4.69, 9.17) is 4.74 Å². The molecule has 25 heavy (non-hydrogen) atoms. The highest BCUT2D eigenvalue weighted by atomic mass is 32.2. The van der Waals surface area contributed by atoms with Crippen LogP contribution in [0.5, 0.6) is 5.75 Å². The number of aromatic nitrogens is 4. The third kappa shape index (κ3) is 3.96. The number of ether oxygens (including phenoxy) is 1. The normalized spacial score (nSPS) is 11.7. The third-order valence-corrected chi connectivity index (χ3v) is 5.30. The fourth-order valence-electron chi connectivity index (χ4n) is 2.09. The third-order valence-electron chi connectivity index (χ3n) is 3.31. The van der Waals surface area contributed by atoms with Crippen molar-refractivity contribution in [3.63, 3.8) is 0 Å². The molecular weight excluding hydrogens is 373 g/mol. The number of hydrogen-bond acceptors (Lipinski definition) is 6. The molecule has 0 fully saturated rings. The fourth-order valence-corrected chi connectivity index (χ4v) is 3.81. The summed E-state index contributed by atoms with van der Waals surface area (Å²) in [4.78, 5) is 4.52. The van der Waals surface area contributed by atoms with Crippen molar-refractivity contribution in [2.24, 2.45) is 7.05 Å². The Hall–Kier alpha value is -2.07. The van der Waals surface area contributed by atoms with Crippen LogP contribution in [-0.4, -0.2) is 26.9 Å². The van der Waals surface area contributed by atoms with Gasteiger partial charge in [0.2, 0.25) is 5.82 Å². The van der Waals surface area contributed by atoms with Gasteiger partial charge in [-0.15, -0.1) is 21.5 Å². The molecule has 0 aliphatic rings. The average Bonchev–Trinajstić information content (AvgIpc) is 3.19. The molecule has 0 saturated heterocycles. The minimum atomic E-state index is -4.51. The van der Waals surface area contributed by atoms with E-state index in [2.05, 4.69) is 15.2 Å². The number of rotatable bonds is 5. The van der Waals surface area contributed by atoms with E-state index in [-0.39, 0.29) is 5.16 Å². The van der Waals surface area contributed by atoms with Crippen molar-refractivity contribution in [3.8, 4) is 16.3 Å². The molecule has 10 heteroatoms. The lowest BCUT2D eigenvalue weighted by atomic mass is 10.2. The summed E-state index contributed by atoms with van der Waals surface area (Å²) in [5.74, 6) is 0.136. The summed E-state index contributed by atoms with van der Waals surface area (Å²) in [6.45, 7) is 0. The molecule has 3 aromatic rings. The number of thiazole rings is 1. The quantitative estimate of drug-likeness (QED) is 0.614. The Bertz CT molecular complexity index is 876. The molecule has 0 aliphatic heterocycles. The molecular formula is C15H13F3N4OS2. The maximum atomic E-state index is 12.7. The number of thioether (sulfide) groups is 1. The Morgan fingerprint density at radius 3 is 2.76 bits per heavy atom. The zero-order chi connectivity index (χ0) is 18.0. The first kappa shape index (κ1) is 17.7. The molecule has 5 nitrogen and oxygen atoms in total. The summed E-state index contributed by atoms with van der Waals surface area (Å²) in [6.07, 6.45) is -4.51. The summed E-state index contributed by atoms with van der Waals surface area (Å²) >= 11 is 2.63. The van der Waals surface area contributed by atoms with E-state index in [1.165, 1.54) is 18.4 Å². The second-order valence-corrected chi connectivity index (χ2v) is 6.83. The highest BCUT2D eigenvalue weighted by molar-refractivity contribution is 7.98. The Labute approximate surface area is 149 Å². The fraction of sp³-hybridized carbons (Fsp3) is 0.267. The van der Waals surface area contributed by atoms with Gasteiger partial charge in [0.05, 0.1) is 12.8 Å². The van der Waals surface area contributed by atoms with Crippen molar-refractivity contribution < 1.29 is 17.9 Å². The number of methoxy groups -OCH3 is 1. The van der Waals surface area contributed by atoms with Crippen molar-refractivity contribution >= 4 is 23.1 Å². The molecule has 132 valence electrons. The van der Waals surface area contributed by atoms with E-state index in [0.717, 1.165) is 38.3 Å². The van der Waals surface area contributed by atoms with Gasteiger partial charge >= 0.3 is 6.18 Å². The van der Waals surface area contributed by atoms with Crippen LogP contribution in [0, 0.1) is 0 Å². The molecule has 0 spiro atoms. The van der Waals surface area contributed by atoms with Crippen LogP contribution in [0.25, 0.3) is 10.6 Å². The first-order valence-electron chi connectivity index (χ1n) is 7.06. The highest BCUT2D eigenvalue weighted by Gasteiger charge is 2.37. The monoisotopic (exact) mass is 386 g/mol. The van der Waals surface area contributed by atoms with Crippen molar-refractivity contribution in [1.29, 1.82) is 0 Å². The number of halogens is 3. The van der Waals surface area contributed by atoms with E-state index >= 15 is 0 Å². The Morgan fingerprint density at radius 1 is 1.28 bits per heavy atom. The van der Waals surface area contributed by atoms with Gasteiger partial charge in [-0.25, -0.2) is 4.98 Å². The van der Waals surface area contributed by atoms with E-state index < -0.39 is 12.0 Å². The maximum absolute atomic E-state index is 12.7. The zero-order valence-electron chi connectivity index (χ0n) is 13.2. The van der Waals surface area contributed by atoms with Gasteiger partial charge in [0.1, 0.15) is 10.8 Å². The lowest BCUT2D eigenvalue weighted by molar-refractivity contribution is -0.147. The van der Waals surface area contributed by atoms with Gasteiger partial charge in [-0.2, -0.15) is 13.2 Å². The van der Waals surface area contributed by atoms with Crippen molar-refractivity contribution in [2.75, 3.05) is 7.11 Å². The van der Waals surface area contributed by atoms with Gasteiger partial charge in [-0.1, -0.05) is 23.9 Å². The average molecular weight is 386 g/mol. The van der Waals surface area contributed by atoms with Gasteiger partial charge in [-0.05, 0) is 12.1 Å². The molecule has 0 amide bonds. The predicted molar refractivity (Wildman–Crippen MR) is 89.7 cm³/mol. The summed E-state index contributed by atoms with van der Waals surface area (Å²) in [5, 5.41) is 9.70. The minimum Gasteiger partial charge on any atom is -0.497 e. The predicted octanol–water partition coefficient (Wildman–Crippen LogP) is 4.26. The molecule has 0 bridgehead atoms. The van der Waals surface area contributed by atoms with Crippen molar-refractivity contribution in [1.82, 2.24) is 19.7 Å². The zero-order valence-corrected chi connectivity index (χ0v) is 14.9. The van der Waals surface area contributed by atoms with E-state index in [0.29, 0.717) is 5.75 Å². The van der Waals surface area contributed by atoms with Crippen LogP contribution in [0.4, 0.5) is 13.2 Å². The summed E-state index contributed by atoms with van der Waals surface area (Å²) in [5.41, 5.74) is 1.70. The highest BCUT2D eigenvalue weighted by Crippen LogP contribution is 2.32. The SMILES string of the molecule is COc1cccc(-c2nc(CSc3nnc(C(F)(F)F)n3C)cs2)c1. The van der Waals surface area contributed by atoms with Gasteiger partial charge in [-0.3, -0.25) is 0 Å². The lowest BCUT2D eigenvalue weighted by Gasteiger charge is -2.05. The van der Waals surface area contributed by atoms with Crippen LogP contribution in [0.15, 0.2) is 34.8 Å². The molecule has 1 aromatic carbocycles. The Morgan fingerprint density at radius 2 is 2.08 bits per heavy atom. The number of alkyl halides is 3. The largest absolute Gasteiger partial charge is 0.497 e. The summed E-state index contributed by atoms with van der Waals surface area (Å²) in [6, 6.07) is 7.53. The molecule has 2 aromatic heterocycles. The Balaban J connectivity index is 1.71. The van der Waals surface area contributed by atoms with Gasteiger partial charge in [0.15, 0.2) is 5.16 Å². The molecule has 3 rings (SSSR count). The van der Waals surface area contributed by atoms with Crippen molar-refractivity contribution in [3.05, 3.63) is 41.2 Å². The van der Waals surface area contributed by atoms with Gasteiger partial charge in [0.25, 0.3) is 0 Å². The number of hydrogen-bond donors (Lipinski definition) is 0. The van der Waals surface area contributed by atoms with Gasteiger partial charge < -0.3 is 9.30 Å². The molecule has 0 saturated carbocycles. The van der Waals surface area contributed by atoms with E-state index in [1.807, 2.05) is 29.6 Å². The van der Waals surface area contributed by atoms with Crippen LogP contribution >= 0.6 is 23.1 Å². The van der Waals surface area contributed by atoms with Crippen LogP contribution < -0.4 is 4.74 Å². The first-order valence-corrected chi connectivity index (χ1v) is 8.93. The van der Waals surface area contributed by atoms with Crippen LogP contribution in [0.1, 0.15) is 11.5 Å². The standard InChI is InChI=1S/C15H13F3N4OS2/c1-22-13(15(16,17)18)20-21-14(22)25-8-10-7-24-12(19-10)9-4-3-5-11(6-9)23-2/h3-7H,8H2,1-2H3. The van der Waals surface area contributed by atoms with Gasteiger partial charge in [0, 0.05) is 23.7 Å². The van der Waals surface area contributed by atoms with E-state index in [1.54, 1.807) is 7.11 Å². The smallest absolute Gasteiger partial charge is 0.451 e. The summed E-state index contributed by atoms with van der Waals surface area (Å²) in [7, 11) is 2.90. The first-order chi connectivity index (χ1) is 11.9. The maximum Gasteiger partial charge on any atom is 0.451 e. The molecule has 0 N–H and O–H groups in total. The lowest BCUT2D eigenvalue weighted by Crippen LogP contribution is -2.12. The van der Waals surface area contributed by atoms with E-state index in [9.17, 15) is 13.2 Å². The van der Waals surface area contributed by atoms with Crippen LogP contribution in [0.3, 0.4) is 0 Å².